The molecule has 1 aromatic heterocycles. The Kier molecular flexibility index (Phi) is 11.9. The maximum Gasteiger partial charge on any atom is 0.245 e. The molecular weight excluding hydrogens is 570 g/mol. The maximum atomic E-state index is 13.9. The summed E-state index contributed by atoms with van der Waals surface area (Å²) in [6, 6.07) is 23.8. The van der Waals surface area contributed by atoms with Crippen LogP contribution in [0.5, 0.6) is 0 Å². The Morgan fingerprint density at radius 1 is 0.911 bits per heavy atom. The van der Waals surface area contributed by atoms with Gasteiger partial charge in [0.05, 0.1) is 0 Å². The number of rotatable bonds is 15. The van der Waals surface area contributed by atoms with Gasteiger partial charge >= 0.3 is 0 Å². The van der Waals surface area contributed by atoms with Gasteiger partial charge in [0.25, 0.3) is 0 Å². The van der Waals surface area contributed by atoms with Gasteiger partial charge < -0.3 is 10.2 Å². The molecule has 2 atom stereocenters. The van der Waals surface area contributed by atoms with Crippen LogP contribution in [0.3, 0.4) is 0 Å². The van der Waals surface area contributed by atoms with Crippen LogP contribution in [0, 0.1) is 5.92 Å². The third-order valence-electron chi connectivity index (χ3n) is 7.66. The average molecular weight is 612 g/mol. The molecule has 0 radical (unpaired) electrons. The number of nitrogens with zero attached hydrogens (tertiary/aromatic N) is 4. The molecule has 0 saturated carbocycles. The predicted molar refractivity (Wildman–Crippen MR) is 170 cm³/mol. The van der Waals surface area contributed by atoms with Crippen molar-refractivity contribution in [3.05, 3.63) is 90.0 Å². The fraction of sp³-hybridized carbons (Fsp3) is 0.353. The molecule has 0 aliphatic heterocycles. The largest absolute Gasteiger partial charge is 0.351 e. The number of hydrogen-bond acceptors (Lipinski definition) is 7. The van der Waals surface area contributed by atoms with Crippen LogP contribution in [-0.2, 0) is 27.3 Å². The van der Waals surface area contributed by atoms with Crippen molar-refractivity contribution >= 4 is 17.7 Å². The third kappa shape index (κ3) is 9.05. The minimum atomic E-state index is -0.775. The Hall–Kier alpha value is -4.90. The first kappa shape index (κ1) is 33.0. The number of nitrogens with one attached hydrogen (secondary N) is 3. The lowest BCUT2D eigenvalue weighted by molar-refractivity contribution is -0.143. The van der Waals surface area contributed by atoms with Crippen LogP contribution >= 0.6 is 0 Å². The van der Waals surface area contributed by atoms with Crippen molar-refractivity contribution in [3.8, 4) is 22.5 Å². The second kappa shape index (κ2) is 16.2. The van der Waals surface area contributed by atoms with E-state index in [-0.39, 0.29) is 30.7 Å². The molecule has 0 aliphatic carbocycles. The molecule has 4 N–H and O–H groups in total. The Balaban J connectivity index is 1.59. The summed E-state index contributed by atoms with van der Waals surface area (Å²) < 4.78 is 0. The molecule has 0 fully saturated rings. The highest BCUT2D eigenvalue weighted by Crippen LogP contribution is 2.30. The molecule has 1 unspecified atom stereocenters. The number of hydroxylamine groups is 1. The van der Waals surface area contributed by atoms with Crippen LogP contribution in [0.2, 0.25) is 0 Å². The molecule has 3 aromatic carbocycles. The summed E-state index contributed by atoms with van der Waals surface area (Å²) in [5, 5.41) is 26.6. The van der Waals surface area contributed by atoms with Crippen LogP contribution in [0.1, 0.15) is 57.6 Å². The minimum Gasteiger partial charge on any atom is -0.351 e. The average Bonchev–Trinajstić information content (AvgIpc) is 3.59. The van der Waals surface area contributed by atoms with E-state index >= 15 is 0 Å². The van der Waals surface area contributed by atoms with Gasteiger partial charge in [-0.05, 0) is 46.2 Å². The number of benzene rings is 3. The second-order valence-electron chi connectivity index (χ2n) is 11.4. The molecule has 4 rings (SSSR count). The van der Waals surface area contributed by atoms with Crippen LogP contribution in [0.25, 0.3) is 22.5 Å². The van der Waals surface area contributed by atoms with Crippen molar-refractivity contribution in [2.75, 3.05) is 0 Å². The lowest BCUT2D eigenvalue weighted by atomic mass is 9.96. The number of aromatic amines is 1. The van der Waals surface area contributed by atoms with Crippen LogP contribution in [-0.4, -0.2) is 60.5 Å². The Bertz CT molecular complexity index is 1530. The van der Waals surface area contributed by atoms with Crippen molar-refractivity contribution in [3.63, 3.8) is 0 Å². The van der Waals surface area contributed by atoms with Gasteiger partial charge in [0.1, 0.15) is 6.04 Å². The van der Waals surface area contributed by atoms with E-state index in [1.807, 2.05) is 99.6 Å². The van der Waals surface area contributed by atoms with E-state index in [0.717, 1.165) is 34.2 Å². The Labute approximate surface area is 263 Å². The van der Waals surface area contributed by atoms with E-state index < -0.39 is 18.0 Å². The molecule has 11 heteroatoms. The van der Waals surface area contributed by atoms with Gasteiger partial charge in [-0.1, -0.05) is 106 Å². The number of tetrazole rings is 1. The Morgan fingerprint density at radius 2 is 1.60 bits per heavy atom. The number of aromatic nitrogens is 4. The van der Waals surface area contributed by atoms with E-state index in [4.69, 9.17) is 5.21 Å². The van der Waals surface area contributed by atoms with Gasteiger partial charge in [-0.2, -0.15) is 5.21 Å². The molecule has 11 nitrogen and oxygen atoms in total. The minimum absolute atomic E-state index is 0.107. The summed E-state index contributed by atoms with van der Waals surface area (Å²) in [4.78, 5) is 41.4. The van der Waals surface area contributed by atoms with Gasteiger partial charge in [0.2, 0.25) is 23.5 Å². The van der Waals surface area contributed by atoms with E-state index in [9.17, 15) is 14.4 Å². The van der Waals surface area contributed by atoms with Gasteiger partial charge in [-0.25, -0.2) is 5.48 Å². The summed E-state index contributed by atoms with van der Waals surface area (Å²) >= 11 is 0. The number of amides is 3. The zero-order valence-electron chi connectivity index (χ0n) is 25.9. The zero-order chi connectivity index (χ0) is 32.2. The van der Waals surface area contributed by atoms with Gasteiger partial charge in [-0.15, -0.1) is 10.2 Å². The van der Waals surface area contributed by atoms with Crippen molar-refractivity contribution in [1.82, 2.24) is 36.3 Å². The van der Waals surface area contributed by atoms with E-state index in [0.29, 0.717) is 25.1 Å². The fourth-order valence-electron chi connectivity index (χ4n) is 5.44. The lowest BCUT2D eigenvalue weighted by Gasteiger charge is -2.35. The first-order valence-electron chi connectivity index (χ1n) is 15.3. The van der Waals surface area contributed by atoms with E-state index in [2.05, 4.69) is 25.9 Å². The monoisotopic (exact) mass is 611 g/mol. The first-order chi connectivity index (χ1) is 21.8. The number of hydrogen-bond donors (Lipinski definition) is 4. The third-order valence-corrected chi connectivity index (χ3v) is 7.66. The number of H-pyrrole nitrogens is 1. The number of carbonyl (C=O) groups excluding carboxylic acids is 3. The molecule has 0 spiro atoms. The highest BCUT2D eigenvalue weighted by atomic mass is 16.5. The van der Waals surface area contributed by atoms with Gasteiger partial charge in [-0.3, -0.25) is 19.6 Å². The van der Waals surface area contributed by atoms with E-state index in [1.165, 1.54) is 0 Å². The standard InChI is InChI=1S/C34H41N7O4/c1-4-5-15-31(43)41(22-25-16-18-26(19-17-25)28-13-9-10-14-29(28)33-36-39-40-37-33)32(23(2)3)34(44)35-27(21-30(42)38-45)20-24-11-7-6-8-12-24/h6-14,16-19,23,27,32,45H,4-5,15,20-22H2,1-3H3,(H,35,44)(H,38,42)(H,36,37,39,40)/t27?,32-/m0/s1. The van der Waals surface area contributed by atoms with Crippen molar-refractivity contribution in [2.45, 2.75) is 71.5 Å². The van der Waals surface area contributed by atoms with Crippen molar-refractivity contribution in [2.24, 2.45) is 5.92 Å². The quantitative estimate of drug-likeness (QED) is 0.112. The molecule has 1 heterocycles. The van der Waals surface area contributed by atoms with Gasteiger partial charge in [0, 0.05) is 31.0 Å². The SMILES string of the molecule is CCCCC(=O)N(Cc1ccc(-c2ccccc2-c2nn[nH]n2)cc1)[C@H](C(=O)NC(CC(=O)NO)Cc1ccccc1)C(C)C. The van der Waals surface area contributed by atoms with Crippen molar-refractivity contribution < 1.29 is 19.6 Å². The van der Waals surface area contributed by atoms with Crippen LogP contribution < -0.4 is 10.8 Å². The number of unbranched alkanes of at least 4 members (excludes halogenated alkanes) is 1. The zero-order valence-corrected chi connectivity index (χ0v) is 25.9. The summed E-state index contributed by atoms with van der Waals surface area (Å²) in [7, 11) is 0. The molecule has 0 aliphatic rings. The summed E-state index contributed by atoms with van der Waals surface area (Å²) in [6.45, 7) is 6.09. The normalized spacial score (nSPS) is 12.4. The lowest BCUT2D eigenvalue weighted by Crippen LogP contribution is -2.54. The molecule has 3 amide bonds. The maximum absolute atomic E-state index is 13.9. The molecule has 0 saturated heterocycles. The molecule has 4 aromatic rings. The molecule has 45 heavy (non-hydrogen) atoms. The predicted octanol–water partition coefficient (Wildman–Crippen LogP) is 4.70. The smallest absolute Gasteiger partial charge is 0.245 e. The van der Waals surface area contributed by atoms with E-state index in [1.54, 1.807) is 10.4 Å². The van der Waals surface area contributed by atoms with Crippen LogP contribution in [0.4, 0.5) is 0 Å². The van der Waals surface area contributed by atoms with Crippen molar-refractivity contribution in [1.29, 1.82) is 0 Å². The number of carbonyl (C=O) groups is 3. The molecular formula is C34H41N7O4. The van der Waals surface area contributed by atoms with Crippen LogP contribution in [0.15, 0.2) is 78.9 Å². The topological polar surface area (TPSA) is 153 Å². The fourth-order valence-corrected chi connectivity index (χ4v) is 5.44. The highest BCUT2D eigenvalue weighted by molar-refractivity contribution is 5.88. The Morgan fingerprint density at radius 3 is 2.22 bits per heavy atom. The summed E-state index contributed by atoms with van der Waals surface area (Å²) in [5.74, 6) is -0.762. The van der Waals surface area contributed by atoms with Gasteiger partial charge in [0.15, 0.2) is 0 Å². The summed E-state index contributed by atoms with van der Waals surface area (Å²) in [6.07, 6.45) is 2.16. The molecule has 236 valence electrons. The highest BCUT2D eigenvalue weighted by Gasteiger charge is 2.33. The first-order valence-corrected chi connectivity index (χ1v) is 15.3. The second-order valence-corrected chi connectivity index (χ2v) is 11.4. The summed E-state index contributed by atoms with van der Waals surface area (Å²) in [5.41, 5.74) is 6.21. The molecule has 0 bridgehead atoms.